The Bertz CT molecular complexity index is 1210. The topological polar surface area (TPSA) is 134 Å². The van der Waals surface area contributed by atoms with Crippen LogP contribution < -0.4 is 4.74 Å². The van der Waals surface area contributed by atoms with Gasteiger partial charge in [-0.15, -0.1) is 0 Å². The van der Waals surface area contributed by atoms with Gasteiger partial charge in [-0.05, 0) is 90.0 Å². The minimum atomic E-state index is -0.845. The molecule has 2 fully saturated rings. The van der Waals surface area contributed by atoms with Gasteiger partial charge in [0, 0.05) is 18.9 Å². The van der Waals surface area contributed by atoms with E-state index < -0.39 is 17.8 Å². The van der Waals surface area contributed by atoms with E-state index in [1.165, 1.54) is 17.6 Å². The number of rotatable bonds is 13. The van der Waals surface area contributed by atoms with Crippen LogP contribution in [0.25, 0.3) is 6.08 Å². The monoisotopic (exact) mass is 667 g/mol. The number of phenols is 1. The van der Waals surface area contributed by atoms with Crippen LogP contribution in [0.1, 0.15) is 63.9 Å². The van der Waals surface area contributed by atoms with Crippen LogP contribution in [-0.2, 0) is 19.1 Å². The van der Waals surface area contributed by atoms with Crippen LogP contribution in [0.4, 0.5) is 0 Å². The molecule has 40 heavy (non-hydrogen) atoms. The van der Waals surface area contributed by atoms with Gasteiger partial charge in [-0.3, -0.25) is 19.3 Å². The first-order chi connectivity index (χ1) is 19.2. The van der Waals surface area contributed by atoms with Crippen LogP contribution in [0.15, 0.2) is 28.9 Å². The fourth-order valence-corrected chi connectivity index (χ4v) is 6.99. The van der Waals surface area contributed by atoms with E-state index in [1.807, 2.05) is 12.1 Å². The number of likely N-dealkylation sites (tertiary alicyclic amines) is 1. The van der Waals surface area contributed by atoms with Gasteiger partial charge in [0.1, 0.15) is 0 Å². The number of aliphatic hydroxyl groups is 1. The number of ether oxygens (including phenoxy) is 2. The van der Waals surface area contributed by atoms with Gasteiger partial charge >= 0.3 is 5.97 Å². The van der Waals surface area contributed by atoms with Crippen molar-refractivity contribution in [2.45, 2.75) is 64.4 Å². The van der Waals surface area contributed by atoms with E-state index in [0.29, 0.717) is 54.6 Å². The molecule has 218 valence electrons. The van der Waals surface area contributed by atoms with Crippen molar-refractivity contribution in [2.24, 2.45) is 17.8 Å². The third kappa shape index (κ3) is 6.38. The van der Waals surface area contributed by atoms with Crippen molar-refractivity contribution in [1.82, 2.24) is 4.90 Å². The van der Waals surface area contributed by atoms with E-state index in [0.717, 1.165) is 29.6 Å². The lowest BCUT2D eigenvalue weighted by Crippen LogP contribution is -2.35. The first-order valence-corrected chi connectivity index (χ1v) is 15.0. The molecular weight excluding hydrogens is 629 g/mol. The largest absolute Gasteiger partial charge is 0.504 e. The van der Waals surface area contributed by atoms with Crippen molar-refractivity contribution < 1.29 is 39.2 Å². The number of methoxy groups -OCH3 is 1. The highest BCUT2D eigenvalue weighted by molar-refractivity contribution is 14.1. The summed E-state index contributed by atoms with van der Waals surface area (Å²) in [6.07, 6.45) is 6.38. The number of aliphatic hydroxyl groups excluding tert-OH is 1. The van der Waals surface area contributed by atoms with Crippen LogP contribution in [0, 0.1) is 21.3 Å². The second-order valence-corrected chi connectivity index (χ2v) is 11.9. The van der Waals surface area contributed by atoms with E-state index in [-0.39, 0.29) is 42.6 Å². The number of aliphatic carboxylic acids is 1. The molecule has 3 aliphatic rings. The molecule has 0 bridgehead atoms. The molecule has 4 rings (SSSR count). The Kier molecular flexibility index (Phi) is 10.3. The van der Waals surface area contributed by atoms with Gasteiger partial charge < -0.3 is 24.8 Å². The molecule has 3 N–H and O–H groups in total. The average Bonchev–Trinajstić information content (AvgIpc) is 3.46. The van der Waals surface area contributed by atoms with E-state index in [1.54, 1.807) is 0 Å². The number of aromatic hydroxyl groups is 1. The molecule has 1 aromatic carbocycles. The van der Waals surface area contributed by atoms with Gasteiger partial charge in [0.05, 0.1) is 41.8 Å². The summed E-state index contributed by atoms with van der Waals surface area (Å²) in [4.78, 5) is 38.7. The number of amides is 2. The maximum Gasteiger partial charge on any atom is 0.303 e. The molecule has 2 amide bonds. The molecule has 10 heteroatoms. The van der Waals surface area contributed by atoms with Crippen molar-refractivity contribution in [1.29, 1.82) is 0 Å². The van der Waals surface area contributed by atoms with Crippen LogP contribution in [-0.4, -0.2) is 71.0 Å². The smallest absolute Gasteiger partial charge is 0.303 e. The number of nitrogens with zero attached hydrogens (tertiary/aromatic N) is 1. The van der Waals surface area contributed by atoms with Crippen LogP contribution in [0.5, 0.6) is 11.5 Å². The Morgan fingerprint density at radius 2 is 1.95 bits per heavy atom. The van der Waals surface area contributed by atoms with Crippen molar-refractivity contribution in [3.05, 3.63) is 38.0 Å². The molecule has 4 atom stereocenters. The number of allylic oxidation sites excluding steroid dienone is 1. The molecule has 2 heterocycles. The van der Waals surface area contributed by atoms with Gasteiger partial charge in [0.15, 0.2) is 11.5 Å². The first-order valence-electron chi connectivity index (χ1n) is 14.0. The number of carboxylic acid groups (broad SMARTS) is 1. The lowest BCUT2D eigenvalue weighted by Gasteiger charge is -2.31. The Morgan fingerprint density at radius 1 is 1.18 bits per heavy atom. The summed E-state index contributed by atoms with van der Waals surface area (Å²) < 4.78 is 12.2. The van der Waals surface area contributed by atoms with Crippen LogP contribution in [0.3, 0.4) is 0 Å². The summed E-state index contributed by atoms with van der Waals surface area (Å²) >= 11 is 2.08. The highest BCUT2D eigenvalue weighted by Crippen LogP contribution is 2.49. The highest BCUT2D eigenvalue weighted by atomic mass is 127. The molecule has 0 aromatic heterocycles. The molecule has 1 aliphatic carbocycles. The molecule has 0 saturated carbocycles. The lowest BCUT2D eigenvalue weighted by atomic mass is 9.69. The molecular formula is C30H38INO8. The summed E-state index contributed by atoms with van der Waals surface area (Å²) in [5, 5.41) is 29.2. The number of hydrogen-bond donors (Lipinski definition) is 3. The zero-order valence-corrected chi connectivity index (χ0v) is 25.2. The number of fused-ring (bicyclic) bond motifs is 3. The van der Waals surface area contributed by atoms with Crippen molar-refractivity contribution in [3.63, 3.8) is 0 Å². The molecule has 9 nitrogen and oxygen atoms in total. The number of unbranched alkanes of at least 4 members (excludes halogenated alkanes) is 2. The quantitative estimate of drug-likeness (QED) is 0.121. The fraction of sp³-hybridized carbons (Fsp3) is 0.567. The van der Waals surface area contributed by atoms with Crippen LogP contribution in [0.2, 0.25) is 0 Å². The SMILES string of the molecule is CC/C(=C\c1cc(I)c(O)c(OC)c1)CC[C@H]1OC[C@H]2C1=C(CO)C[C@H]1C(=O)N(CCCCCC(=O)O)C(=O)[C@H]12. The normalized spacial score (nSPS) is 24.5. The predicted molar refractivity (Wildman–Crippen MR) is 157 cm³/mol. The van der Waals surface area contributed by atoms with E-state index >= 15 is 0 Å². The Balaban J connectivity index is 1.45. The minimum absolute atomic E-state index is 0.0818. The van der Waals surface area contributed by atoms with Gasteiger partial charge in [0.2, 0.25) is 11.8 Å². The average molecular weight is 668 g/mol. The number of carbonyl (C=O) groups is 3. The van der Waals surface area contributed by atoms with Crippen molar-refractivity contribution in [2.75, 3.05) is 26.9 Å². The maximum atomic E-state index is 13.4. The summed E-state index contributed by atoms with van der Waals surface area (Å²) in [5.41, 5.74) is 3.95. The second kappa shape index (κ2) is 13.5. The number of imide groups is 1. The fourth-order valence-electron chi connectivity index (χ4n) is 6.36. The number of hydrogen-bond acceptors (Lipinski definition) is 7. The van der Waals surface area contributed by atoms with E-state index in [4.69, 9.17) is 14.6 Å². The van der Waals surface area contributed by atoms with Gasteiger partial charge in [-0.1, -0.05) is 25.0 Å². The third-order valence-corrected chi connectivity index (χ3v) is 9.21. The molecule has 2 saturated heterocycles. The highest BCUT2D eigenvalue weighted by Gasteiger charge is 2.56. The van der Waals surface area contributed by atoms with Gasteiger partial charge in [-0.25, -0.2) is 0 Å². The number of carboxylic acids is 1. The van der Waals surface area contributed by atoms with Gasteiger partial charge in [-0.2, -0.15) is 0 Å². The Labute approximate surface area is 248 Å². The molecule has 2 aliphatic heterocycles. The zero-order valence-electron chi connectivity index (χ0n) is 23.0. The molecule has 0 spiro atoms. The van der Waals surface area contributed by atoms with E-state index in [9.17, 15) is 24.6 Å². The van der Waals surface area contributed by atoms with Crippen LogP contribution >= 0.6 is 22.6 Å². The molecule has 0 radical (unpaired) electrons. The van der Waals surface area contributed by atoms with Crippen molar-refractivity contribution >= 4 is 46.5 Å². The van der Waals surface area contributed by atoms with Crippen molar-refractivity contribution in [3.8, 4) is 11.5 Å². The lowest BCUT2D eigenvalue weighted by molar-refractivity contribution is -0.141. The summed E-state index contributed by atoms with van der Waals surface area (Å²) in [6.45, 7) is 2.59. The Hall–Kier alpha value is -2.44. The Morgan fingerprint density at radius 3 is 2.62 bits per heavy atom. The summed E-state index contributed by atoms with van der Waals surface area (Å²) in [7, 11) is 1.53. The number of carbonyl (C=O) groups excluding carboxylic acids is 2. The standard InChI is InChI=1S/C30H38INO8/c1-3-17(11-18-12-22(31)28(36)24(13-18)39-2)8-9-23-26-19(15-33)14-20-27(21(26)16-40-23)30(38)32(29(20)37)10-6-4-5-7-25(34)35/h11-13,20-21,23,27,33,36H,3-10,14-16H2,1-2H3,(H,34,35)/b17-11+/t20-,21+,23-,27-/m1/s1. The molecule has 0 unspecified atom stereocenters. The number of phenolic OH excluding ortho intramolecular Hbond substituents is 1. The minimum Gasteiger partial charge on any atom is -0.504 e. The zero-order chi connectivity index (χ0) is 29.0. The first kappa shape index (κ1) is 30.5. The van der Waals surface area contributed by atoms with E-state index in [2.05, 4.69) is 35.6 Å². The number of benzene rings is 1. The molecule has 1 aromatic rings. The summed E-state index contributed by atoms with van der Waals surface area (Å²) in [5.74, 6) is -1.79. The third-order valence-electron chi connectivity index (χ3n) is 8.39. The number of halogens is 1. The van der Waals surface area contributed by atoms with Gasteiger partial charge in [0.25, 0.3) is 0 Å². The predicted octanol–water partition coefficient (Wildman–Crippen LogP) is 4.53. The summed E-state index contributed by atoms with van der Waals surface area (Å²) in [6, 6.07) is 3.72. The maximum absolute atomic E-state index is 13.4. The second-order valence-electron chi connectivity index (χ2n) is 10.8.